The summed E-state index contributed by atoms with van der Waals surface area (Å²) < 4.78 is 0. The summed E-state index contributed by atoms with van der Waals surface area (Å²) in [5.41, 5.74) is 5.98. The molecular formula is C27H37N3S. The summed E-state index contributed by atoms with van der Waals surface area (Å²) in [6, 6.07) is 7.12. The van der Waals surface area contributed by atoms with Crippen molar-refractivity contribution in [2.75, 3.05) is 24.5 Å². The summed E-state index contributed by atoms with van der Waals surface area (Å²) in [6.07, 6.45) is 9.75. The third kappa shape index (κ3) is 4.08. The lowest BCUT2D eigenvalue weighted by molar-refractivity contribution is 0.266. The summed E-state index contributed by atoms with van der Waals surface area (Å²) in [5.74, 6) is 1.73. The highest BCUT2D eigenvalue weighted by Gasteiger charge is 2.37. The Kier molecular flexibility index (Phi) is 5.48. The maximum absolute atomic E-state index is 5.10. The van der Waals surface area contributed by atoms with Crippen molar-refractivity contribution >= 4 is 22.7 Å². The zero-order chi connectivity index (χ0) is 21.6. The fourth-order valence-electron chi connectivity index (χ4n) is 5.94. The number of hydrogen-bond acceptors (Lipinski definition) is 4. The molecule has 1 unspecified atom stereocenters. The normalized spacial score (nSPS) is 25.4. The van der Waals surface area contributed by atoms with Crippen LogP contribution in [0.25, 0.3) is 11.3 Å². The fraction of sp³-hybridized carbons (Fsp3) is 0.630. The molecule has 1 aromatic carbocycles. The summed E-state index contributed by atoms with van der Waals surface area (Å²) in [4.78, 5) is 12.0. The standard InChI is InChI=1S/C27H37N3S/c1-26(2)11-12-27(3,4)23-17-21(5-6-22(23)26)24-18-31-25(29-24)30-15-9-20(10-16-30)19-7-13-28-14-8-19/h5-6,13,17-20H,7-12,14-16H2,1-4H3. The summed E-state index contributed by atoms with van der Waals surface area (Å²) >= 11 is 1.82. The molecule has 0 radical (unpaired) electrons. The van der Waals surface area contributed by atoms with Crippen LogP contribution >= 0.6 is 11.3 Å². The Morgan fingerprint density at radius 1 is 0.935 bits per heavy atom. The lowest BCUT2D eigenvalue weighted by Gasteiger charge is -2.42. The number of hydrogen-bond donors (Lipinski definition) is 0. The van der Waals surface area contributed by atoms with E-state index in [1.54, 1.807) is 0 Å². The Balaban J connectivity index is 1.32. The predicted molar refractivity (Wildman–Crippen MR) is 134 cm³/mol. The van der Waals surface area contributed by atoms with Crippen LogP contribution in [-0.4, -0.2) is 30.8 Å². The minimum absolute atomic E-state index is 0.241. The van der Waals surface area contributed by atoms with E-state index in [1.807, 2.05) is 11.3 Å². The number of aromatic nitrogens is 1. The van der Waals surface area contributed by atoms with Gasteiger partial charge in [0.1, 0.15) is 0 Å². The van der Waals surface area contributed by atoms with Crippen LogP contribution in [0.2, 0.25) is 0 Å². The number of benzene rings is 1. The molecule has 0 bridgehead atoms. The van der Waals surface area contributed by atoms with Crippen molar-refractivity contribution in [3.05, 3.63) is 34.7 Å². The molecule has 1 aromatic heterocycles. The summed E-state index contributed by atoms with van der Waals surface area (Å²) in [6.45, 7) is 12.9. The Morgan fingerprint density at radius 3 is 2.39 bits per heavy atom. The highest BCUT2D eigenvalue weighted by atomic mass is 32.1. The van der Waals surface area contributed by atoms with E-state index in [4.69, 9.17) is 4.98 Å². The first-order valence-electron chi connectivity index (χ1n) is 12.2. The SMILES string of the molecule is CC1(C)CCC(C)(C)c2cc(-c3csc(N4CCC(C5CC=NCC5)CC4)n3)ccc21. The van der Waals surface area contributed by atoms with Gasteiger partial charge in [0.15, 0.2) is 5.13 Å². The molecule has 1 aliphatic carbocycles. The number of piperidine rings is 1. The molecule has 4 heteroatoms. The van der Waals surface area contributed by atoms with Crippen molar-refractivity contribution in [3.8, 4) is 11.3 Å². The molecule has 2 aliphatic heterocycles. The van der Waals surface area contributed by atoms with Gasteiger partial charge < -0.3 is 4.90 Å². The molecule has 2 aromatic rings. The zero-order valence-electron chi connectivity index (χ0n) is 19.7. The minimum atomic E-state index is 0.241. The first kappa shape index (κ1) is 21.2. The van der Waals surface area contributed by atoms with E-state index < -0.39 is 0 Å². The Hall–Kier alpha value is -1.68. The molecule has 0 amide bonds. The zero-order valence-corrected chi connectivity index (χ0v) is 20.5. The summed E-state index contributed by atoms with van der Waals surface area (Å²) in [7, 11) is 0. The molecule has 166 valence electrons. The number of aliphatic imine (C=N–C) groups is 1. The van der Waals surface area contributed by atoms with Gasteiger partial charge in [-0.2, -0.15) is 0 Å². The molecule has 31 heavy (non-hydrogen) atoms. The monoisotopic (exact) mass is 435 g/mol. The summed E-state index contributed by atoms with van der Waals surface area (Å²) in [5, 5.41) is 3.47. The van der Waals surface area contributed by atoms with Gasteiger partial charge in [-0.05, 0) is 84.6 Å². The maximum atomic E-state index is 5.10. The van der Waals surface area contributed by atoms with E-state index in [9.17, 15) is 0 Å². The molecule has 0 spiro atoms. The Morgan fingerprint density at radius 2 is 1.68 bits per heavy atom. The topological polar surface area (TPSA) is 28.5 Å². The van der Waals surface area contributed by atoms with Crippen LogP contribution in [0.4, 0.5) is 5.13 Å². The molecule has 3 aliphatic rings. The molecular weight excluding hydrogens is 398 g/mol. The number of rotatable bonds is 3. The quantitative estimate of drug-likeness (QED) is 0.527. The Bertz CT molecular complexity index is 963. The van der Waals surface area contributed by atoms with E-state index in [2.05, 4.69) is 67.4 Å². The van der Waals surface area contributed by atoms with Gasteiger partial charge in [-0.15, -0.1) is 11.3 Å². The van der Waals surface area contributed by atoms with Crippen LogP contribution in [0.15, 0.2) is 28.6 Å². The van der Waals surface area contributed by atoms with Gasteiger partial charge in [0, 0.05) is 30.6 Å². The van der Waals surface area contributed by atoms with Crippen molar-refractivity contribution < 1.29 is 0 Å². The number of anilines is 1. The van der Waals surface area contributed by atoms with Crippen LogP contribution < -0.4 is 4.90 Å². The van der Waals surface area contributed by atoms with Crippen LogP contribution in [0, 0.1) is 11.8 Å². The number of thiazole rings is 1. The van der Waals surface area contributed by atoms with Gasteiger partial charge in [0.05, 0.1) is 5.69 Å². The predicted octanol–water partition coefficient (Wildman–Crippen LogP) is 6.86. The van der Waals surface area contributed by atoms with Crippen molar-refractivity contribution in [2.24, 2.45) is 16.8 Å². The molecule has 3 heterocycles. The first-order chi connectivity index (χ1) is 14.8. The van der Waals surface area contributed by atoms with E-state index in [0.717, 1.165) is 37.2 Å². The van der Waals surface area contributed by atoms with Gasteiger partial charge >= 0.3 is 0 Å². The second kappa shape index (κ2) is 8.03. The molecule has 0 N–H and O–H groups in total. The third-order valence-corrected chi connectivity index (χ3v) is 9.19. The molecule has 1 saturated heterocycles. The second-order valence-corrected chi connectivity index (χ2v) is 12.1. The maximum Gasteiger partial charge on any atom is 0.185 e. The third-order valence-electron chi connectivity index (χ3n) is 8.28. The molecule has 1 atom stereocenters. The van der Waals surface area contributed by atoms with E-state index >= 15 is 0 Å². The van der Waals surface area contributed by atoms with E-state index in [1.165, 1.54) is 60.3 Å². The van der Waals surface area contributed by atoms with Crippen LogP contribution in [0.3, 0.4) is 0 Å². The van der Waals surface area contributed by atoms with Crippen LogP contribution in [0.1, 0.15) is 77.3 Å². The van der Waals surface area contributed by atoms with Gasteiger partial charge in [-0.1, -0.05) is 39.8 Å². The van der Waals surface area contributed by atoms with E-state index in [0.29, 0.717) is 0 Å². The molecule has 1 fully saturated rings. The van der Waals surface area contributed by atoms with Gasteiger partial charge in [0.25, 0.3) is 0 Å². The average Bonchev–Trinajstić information content (AvgIpc) is 3.28. The van der Waals surface area contributed by atoms with Crippen LogP contribution in [-0.2, 0) is 10.8 Å². The highest BCUT2D eigenvalue weighted by Crippen LogP contribution is 2.47. The highest BCUT2D eigenvalue weighted by molar-refractivity contribution is 7.14. The molecule has 5 rings (SSSR count). The second-order valence-electron chi connectivity index (χ2n) is 11.2. The lowest BCUT2D eigenvalue weighted by atomic mass is 9.63. The largest absolute Gasteiger partial charge is 0.348 e. The minimum Gasteiger partial charge on any atom is -0.348 e. The average molecular weight is 436 g/mol. The first-order valence-corrected chi connectivity index (χ1v) is 13.1. The van der Waals surface area contributed by atoms with Crippen molar-refractivity contribution in [1.82, 2.24) is 4.98 Å². The molecule has 3 nitrogen and oxygen atoms in total. The van der Waals surface area contributed by atoms with Gasteiger partial charge in [-0.25, -0.2) is 4.98 Å². The van der Waals surface area contributed by atoms with Gasteiger partial charge in [-0.3, -0.25) is 4.99 Å². The fourth-order valence-corrected chi connectivity index (χ4v) is 6.83. The number of fused-ring (bicyclic) bond motifs is 1. The van der Waals surface area contributed by atoms with E-state index in [-0.39, 0.29) is 10.8 Å². The lowest BCUT2D eigenvalue weighted by Crippen LogP contribution is -2.36. The van der Waals surface area contributed by atoms with Crippen LogP contribution in [0.5, 0.6) is 0 Å². The van der Waals surface area contributed by atoms with Crippen molar-refractivity contribution in [1.29, 1.82) is 0 Å². The van der Waals surface area contributed by atoms with Crippen molar-refractivity contribution in [2.45, 2.75) is 77.0 Å². The van der Waals surface area contributed by atoms with Crippen molar-refractivity contribution in [3.63, 3.8) is 0 Å². The van der Waals surface area contributed by atoms with Gasteiger partial charge in [0.2, 0.25) is 0 Å². The number of nitrogens with zero attached hydrogens (tertiary/aromatic N) is 3. The molecule has 0 saturated carbocycles. The smallest absolute Gasteiger partial charge is 0.185 e. The Labute approximate surface area is 192 Å².